The molecule has 3 rings (SSSR count). The van der Waals surface area contributed by atoms with Gasteiger partial charge in [0.05, 0.1) is 11.9 Å². The highest BCUT2D eigenvalue weighted by Crippen LogP contribution is 2.06. The van der Waals surface area contributed by atoms with Gasteiger partial charge in [-0.2, -0.15) is 5.10 Å². The molecule has 0 fully saturated rings. The van der Waals surface area contributed by atoms with Gasteiger partial charge in [-0.25, -0.2) is 8.78 Å². The number of carbonyl (C=O) groups excluding carboxylic acids is 2. The van der Waals surface area contributed by atoms with Crippen molar-refractivity contribution in [2.75, 3.05) is 19.5 Å². The number of nitrogens with one attached hydrogen (secondary N) is 2. The summed E-state index contributed by atoms with van der Waals surface area (Å²) in [6.07, 6.45) is 4.70. The molecule has 0 aliphatic rings. The number of anilines is 1. The van der Waals surface area contributed by atoms with Crippen LogP contribution in [0.2, 0.25) is 0 Å². The normalized spacial score (nSPS) is 8.75. The third-order valence-corrected chi connectivity index (χ3v) is 2.79. The third-order valence-electron chi connectivity index (χ3n) is 2.79. The number of pyridine rings is 1. The van der Waals surface area contributed by atoms with Gasteiger partial charge < -0.3 is 14.8 Å². The molecular formula is C19H24F2N4O3. The van der Waals surface area contributed by atoms with Crippen LogP contribution in [-0.2, 0) is 9.53 Å². The van der Waals surface area contributed by atoms with E-state index in [-0.39, 0.29) is 7.33 Å². The number of halogens is 2. The number of aromatic amines is 1. The minimum Gasteiger partial charge on any atom is -0.388 e. The zero-order valence-corrected chi connectivity index (χ0v) is 15.8. The molecule has 0 radical (unpaired) electrons. The number of nitrogens with zero attached hydrogens (tertiary/aromatic N) is 2. The Kier molecular flexibility index (Phi) is 12.9. The quantitative estimate of drug-likeness (QED) is 0.691. The summed E-state index contributed by atoms with van der Waals surface area (Å²) < 4.78 is 28.7. The van der Waals surface area contributed by atoms with Gasteiger partial charge >= 0.3 is 0 Å². The van der Waals surface area contributed by atoms with Gasteiger partial charge in [0.25, 0.3) is 5.91 Å². The number of ether oxygens (including phenoxy) is 1. The second-order valence-corrected chi connectivity index (χ2v) is 4.96. The molecule has 0 saturated carbocycles. The lowest BCUT2D eigenvalue weighted by molar-refractivity contribution is -0.0980. The van der Waals surface area contributed by atoms with Crippen molar-refractivity contribution >= 4 is 18.4 Å². The van der Waals surface area contributed by atoms with E-state index < -0.39 is 11.6 Å². The van der Waals surface area contributed by atoms with Crippen LogP contribution in [0.5, 0.6) is 0 Å². The number of amides is 1. The molecule has 2 N–H and O–H groups in total. The monoisotopic (exact) mass is 394 g/mol. The molecule has 2 heterocycles. The maximum absolute atomic E-state index is 12.3. The van der Waals surface area contributed by atoms with Gasteiger partial charge in [0.15, 0.2) is 0 Å². The SMILES string of the molecule is C=O.COC.Cc1ccc(F)cc1F.O=C(Nc1cn[nH]c1)c1ccccn1.[HH]. The van der Waals surface area contributed by atoms with Crippen LogP contribution >= 0.6 is 0 Å². The molecule has 7 nitrogen and oxygen atoms in total. The number of rotatable bonds is 2. The Labute approximate surface area is 163 Å². The van der Waals surface area contributed by atoms with Crippen molar-refractivity contribution in [3.05, 3.63) is 77.9 Å². The lowest BCUT2D eigenvalue weighted by Crippen LogP contribution is -2.12. The van der Waals surface area contributed by atoms with Crippen molar-refractivity contribution < 1.29 is 24.5 Å². The molecule has 3 aromatic rings. The predicted molar refractivity (Wildman–Crippen MR) is 104 cm³/mol. The maximum atomic E-state index is 12.3. The number of carbonyl (C=O) groups is 2. The first-order chi connectivity index (χ1) is 13.5. The Balaban J connectivity index is 0. The van der Waals surface area contributed by atoms with Gasteiger partial charge in [0, 0.05) is 34.1 Å². The fraction of sp³-hybridized carbons (Fsp3) is 0.158. The van der Waals surface area contributed by atoms with Crippen LogP contribution in [0.1, 0.15) is 17.5 Å². The summed E-state index contributed by atoms with van der Waals surface area (Å²) in [7, 11) is 3.25. The highest BCUT2D eigenvalue weighted by Gasteiger charge is 2.06. The van der Waals surface area contributed by atoms with Crippen molar-refractivity contribution in [3.63, 3.8) is 0 Å². The molecule has 28 heavy (non-hydrogen) atoms. The Morgan fingerprint density at radius 3 is 2.36 bits per heavy atom. The van der Waals surface area contributed by atoms with E-state index in [4.69, 9.17) is 4.79 Å². The van der Waals surface area contributed by atoms with E-state index in [1.165, 1.54) is 18.3 Å². The van der Waals surface area contributed by atoms with Crippen LogP contribution in [0, 0.1) is 18.6 Å². The first-order valence-corrected chi connectivity index (χ1v) is 7.79. The number of H-pyrrole nitrogens is 1. The number of benzene rings is 1. The van der Waals surface area contributed by atoms with Crippen molar-refractivity contribution in [2.45, 2.75) is 6.92 Å². The minimum atomic E-state index is -0.530. The number of hydrogen-bond donors (Lipinski definition) is 2. The summed E-state index contributed by atoms with van der Waals surface area (Å²) in [6.45, 7) is 3.59. The summed E-state index contributed by atoms with van der Waals surface area (Å²) in [5, 5.41) is 8.95. The van der Waals surface area contributed by atoms with E-state index in [9.17, 15) is 13.6 Å². The number of aryl methyl sites for hydroxylation is 1. The Bertz CT molecular complexity index is 806. The fourth-order valence-electron chi connectivity index (χ4n) is 1.58. The molecule has 0 bridgehead atoms. The summed E-state index contributed by atoms with van der Waals surface area (Å²) in [6, 6.07) is 8.68. The molecule has 0 saturated heterocycles. The van der Waals surface area contributed by atoms with E-state index in [1.54, 1.807) is 51.7 Å². The number of aromatic nitrogens is 3. The van der Waals surface area contributed by atoms with Gasteiger partial charge in [0.1, 0.15) is 24.1 Å². The van der Waals surface area contributed by atoms with Crippen molar-refractivity contribution in [2.24, 2.45) is 0 Å². The summed E-state index contributed by atoms with van der Waals surface area (Å²) >= 11 is 0. The van der Waals surface area contributed by atoms with Gasteiger partial charge in [-0.15, -0.1) is 0 Å². The van der Waals surface area contributed by atoms with Crippen LogP contribution < -0.4 is 5.32 Å². The molecule has 2 aromatic heterocycles. The lowest BCUT2D eigenvalue weighted by atomic mass is 10.2. The topological polar surface area (TPSA) is 97.0 Å². The van der Waals surface area contributed by atoms with Gasteiger partial charge in [-0.3, -0.25) is 14.9 Å². The van der Waals surface area contributed by atoms with E-state index in [0.717, 1.165) is 6.07 Å². The lowest BCUT2D eigenvalue weighted by Gasteiger charge is -1.99. The largest absolute Gasteiger partial charge is 0.388 e. The average Bonchev–Trinajstić information content (AvgIpc) is 3.21. The molecule has 152 valence electrons. The van der Waals surface area contributed by atoms with E-state index in [2.05, 4.69) is 25.2 Å². The van der Waals surface area contributed by atoms with Gasteiger partial charge in [-0.1, -0.05) is 12.1 Å². The molecule has 0 aliphatic carbocycles. The van der Waals surface area contributed by atoms with Crippen molar-refractivity contribution in [1.29, 1.82) is 0 Å². The molecule has 0 unspecified atom stereocenters. The molecule has 1 aromatic carbocycles. The van der Waals surface area contributed by atoms with Gasteiger partial charge in [0.2, 0.25) is 0 Å². The second-order valence-electron chi connectivity index (χ2n) is 4.96. The first kappa shape index (κ1) is 24.5. The average molecular weight is 394 g/mol. The van der Waals surface area contributed by atoms with Crippen LogP contribution in [0.4, 0.5) is 14.5 Å². The predicted octanol–water partition coefficient (Wildman–Crippen LogP) is 3.65. The zero-order valence-electron chi connectivity index (χ0n) is 15.8. The maximum Gasteiger partial charge on any atom is 0.274 e. The van der Waals surface area contributed by atoms with Crippen molar-refractivity contribution in [1.82, 2.24) is 15.2 Å². The highest BCUT2D eigenvalue weighted by atomic mass is 19.1. The molecule has 1 amide bonds. The molecule has 0 spiro atoms. The molecule has 0 aliphatic heterocycles. The smallest absolute Gasteiger partial charge is 0.274 e. The van der Waals surface area contributed by atoms with Crippen LogP contribution in [0.15, 0.2) is 55.0 Å². The minimum absolute atomic E-state index is 0. The number of methoxy groups -OCH3 is 1. The van der Waals surface area contributed by atoms with E-state index >= 15 is 0 Å². The fourth-order valence-corrected chi connectivity index (χ4v) is 1.58. The second kappa shape index (κ2) is 14.7. The van der Waals surface area contributed by atoms with Crippen LogP contribution in [0.3, 0.4) is 0 Å². The summed E-state index contributed by atoms with van der Waals surface area (Å²) in [5.41, 5.74) is 1.48. The molecule has 9 heteroatoms. The third kappa shape index (κ3) is 9.88. The van der Waals surface area contributed by atoms with Crippen molar-refractivity contribution in [3.8, 4) is 0 Å². The van der Waals surface area contributed by atoms with E-state index in [1.807, 2.05) is 6.79 Å². The summed E-state index contributed by atoms with van der Waals surface area (Å²) in [4.78, 5) is 23.4. The van der Waals surface area contributed by atoms with Crippen LogP contribution in [-0.4, -0.2) is 42.1 Å². The standard InChI is InChI=1S/C9H8N4O.C7H6F2.C2H6O.CH2O.H2/c14-9(8-3-1-2-4-10-8)13-7-5-11-12-6-7;1-5-2-3-6(8)4-7(5)9;1-3-2;1-2;/h1-6H,(H,11,12)(H,13,14);2-4H,1H3;1-2H3;1H2;1H. The Morgan fingerprint density at radius 1 is 1.21 bits per heavy atom. The Morgan fingerprint density at radius 2 is 1.89 bits per heavy atom. The zero-order chi connectivity index (χ0) is 21.4. The molecule has 0 atom stereocenters. The van der Waals surface area contributed by atoms with Crippen LogP contribution in [0.25, 0.3) is 0 Å². The summed E-state index contributed by atoms with van der Waals surface area (Å²) in [5.74, 6) is -1.26. The molecular weight excluding hydrogens is 370 g/mol. The highest BCUT2D eigenvalue weighted by molar-refractivity contribution is 6.02. The van der Waals surface area contributed by atoms with E-state index in [0.29, 0.717) is 16.9 Å². The Hall–Kier alpha value is -3.46. The number of hydrogen-bond acceptors (Lipinski definition) is 5. The van der Waals surface area contributed by atoms with Gasteiger partial charge in [-0.05, 0) is 30.7 Å². The first-order valence-electron chi connectivity index (χ1n) is 7.79.